The maximum absolute atomic E-state index is 13.6. The fourth-order valence-corrected chi connectivity index (χ4v) is 7.28. The number of alkyl halides is 3. The molecule has 2 aromatic rings. The van der Waals surface area contributed by atoms with Crippen molar-refractivity contribution < 1.29 is 42.2 Å². The molecule has 10 heteroatoms. The number of halogens is 3. The number of rotatable bonds is 7. The van der Waals surface area contributed by atoms with Crippen molar-refractivity contribution in [3.8, 4) is 0 Å². The van der Waals surface area contributed by atoms with Gasteiger partial charge in [0.15, 0.2) is 11.7 Å². The zero-order chi connectivity index (χ0) is 28.1. The minimum atomic E-state index is -5.19. The van der Waals surface area contributed by atoms with E-state index in [0.717, 1.165) is 67.4 Å². The molecule has 4 fully saturated rings. The Hall–Kier alpha value is -2.43. The van der Waals surface area contributed by atoms with E-state index in [1.165, 1.54) is 36.4 Å². The number of carbonyl (C=O) groups excluding carboxylic acids is 2. The first-order valence-corrected chi connectivity index (χ1v) is 14.6. The smallest absolute Gasteiger partial charge is 0.430 e. The quantitative estimate of drug-likeness (QED) is 0.400. The molecule has 1 N–H and O–H groups in total. The molecule has 0 spiro atoms. The van der Waals surface area contributed by atoms with Crippen LogP contribution in [0, 0.1) is 11.8 Å². The van der Waals surface area contributed by atoms with Crippen LogP contribution in [0.2, 0.25) is 0 Å². The van der Waals surface area contributed by atoms with E-state index >= 15 is 0 Å². The number of thiophene rings is 1. The molecule has 0 radical (unpaired) electrons. The highest BCUT2D eigenvalue weighted by Crippen LogP contribution is 2.44. The van der Waals surface area contributed by atoms with E-state index in [9.17, 15) is 23.1 Å². The Morgan fingerprint density at radius 2 is 1.64 bits per heavy atom. The van der Waals surface area contributed by atoms with E-state index in [1.807, 2.05) is 17.5 Å². The van der Waals surface area contributed by atoms with Crippen molar-refractivity contribution in [1.29, 1.82) is 0 Å². The highest BCUT2D eigenvalue weighted by Gasteiger charge is 2.52. The summed E-state index contributed by atoms with van der Waals surface area (Å²) in [5.74, 6) is -3.00. The monoisotopic (exact) mass is 567 g/mol. The predicted octanol–water partition coefficient (Wildman–Crippen LogP) is 4.21. The fourth-order valence-electron chi connectivity index (χ4n) is 6.39. The lowest BCUT2D eigenvalue weighted by molar-refractivity contribution is -0.946. The van der Waals surface area contributed by atoms with Gasteiger partial charge in [-0.15, -0.1) is 11.3 Å². The number of carboxylic acids is 1. The SMILES string of the molecule is O=C(O[C@H]1C[N+]2(CCc3ccccc3)CCC1CC2)[C@](O)(c1cccs1)C1CCCCC1.O=C([O-])C(F)(F)F. The lowest BCUT2D eigenvalue weighted by Crippen LogP contribution is -2.65. The highest BCUT2D eigenvalue weighted by atomic mass is 32.1. The van der Waals surface area contributed by atoms with Gasteiger partial charge < -0.3 is 24.2 Å². The minimum Gasteiger partial charge on any atom is -0.542 e. The third kappa shape index (κ3) is 7.02. The molecule has 4 heterocycles. The molecule has 1 aromatic heterocycles. The average molecular weight is 568 g/mol. The number of fused-ring (bicyclic) bond motifs is 3. The summed E-state index contributed by atoms with van der Waals surface area (Å²) in [5, 5.41) is 22.6. The number of aliphatic hydroxyl groups is 1. The average Bonchev–Trinajstić information content (AvgIpc) is 3.49. The zero-order valence-corrected chi connectivity index (χ0v) is 22.7. The van der Waals surface area contributed by atoms with Crippen LogP contribution in [0.15, 0.2) is 47.8 Å². The summed E-state index contributed by atoms with van der Waals surface area (Å²) in [5.41, 5.74) is -0.110. The lowest BCUT2D eigenvalue weighted by atomic mass is 9.75. The number of hydrogen-bond donors (Lipinski definition) is 1. The van der Waals surface area contributed by atoms with Gasteiger partial charge in [0.1, 0.15) is 12.5 Å². The van der Waals surface area contributed by atoms with Crippen LogP contribution in [0.1, 0.15) is 55.4 Å². The van der Waals surface area contributed by atoms with Crippen LogP contribution in [0.3, 0.4) is 0 Å². The number of hydrogen-bond acceptors (Lipinski definition) is 6. The van der Waals surface area contributed by atoms with E-state index in [1.54, 1.807) is 0 Å². The predicted molar refractivity (Wildman–Crippen MR) is 138 cm³/mol. The summed E-state index contributed by atoms with van der Waals surface area (Å²) in [4.78, 5) is 23.2. The molecular weight excluding hydrogens is 531 g/mol. The van der Waals surface area contributed by atoms with Crippen LogP contribution in [-0.4, -0.2) is 60.0 Å². The Morgan fingerprint density at radius 3 is 2.21 bits per heavy atom. The summed E-state index contributed by atoms with van der Waals surface area (Å²) < 4.78 is 38.8. The second-order valence-electron chi connectivity index (χ2n) is 11.1. The number of carbonyl (C=O) groups is 2. The Kier molecular flexibility index (Phi) is 9.39. The van der Waals surface area contributed by atoms with Crippen molar-refractivity contribution in [3.63, 3.8) is 0 Å². The second-order valence-corrected chi connectivity index (χ2v) is 12.0. The van der Waals surface area contributed by atoms with Gasteiger partial charge >= 0.3 is 12.1 Å². The molecular formula is C29H36F3NO5S. The normalized spacial score (nSPS) is 26.7. The maximum Gasteiger partial charge on any atom is 0.430 e. The van der Waals surface area contributed by atoms with Gasteiger partial charge in [-0.05, 0) is 29.9 Å². The summed E-state index contributed by atoms with van der Waals surface area (Å²) >= 11 is 1.48. The van der Waals surface area contributed by atoms with Gasteiger partial charge in [-0.3, -0.25) is 0 Å². The first kappa shape index (κ1) is 29.6. The van der Waals surface area contributed by atoms with Gasteiger partial charge in [0.25, 0.3) is 0 Å². The van der Waals surface area contributed by atoms with Gasteiger partial charge in [-0.1, -0.05) is 55.7 Å². The molecule has 2 atom stereocenters. The van der Waals surface area contributed by atoms with Crippen molar-refractivity contribution in [3.05, 3.63) is 58.3 Å². The van der Waals surface area contributed by atoms with Crippen LogP contribution < -0.4 is 5.11 Å². The van der Waals surface area contributed by atoms with Gasteiger partial charge in [0.05, 0.1) is 19.6 Å². The van der Waals surface area contributed by atoms with Crippen molar-refractivity contribution in [1.82, 2.24) is 0 Å². The fraction of sp³-hybridized carbons (Fsp3) is 0.586. The molecule has 3 aliphatic heterocycles. The Balaban J connectivity index is 0.000000448. The molecule has 1 aliphatic carbocycles. The number of carboxylic acid groups (broad SMARTS) is 1. The zero-order valence-electron chi connectivity index (χ0n) is 21.9. The molecule has 4 aliphatic rings. The second kappa shape index (κ2) is 12.4. The lowest BCUT2D eigenvalue weighted by Gasteiger charge is -2.52. The van der Waals surface area contributed by atoms with Crippen LogP contribution in [0.5, 0.6) is 0 Å². The Bertz CT molecular complexity index is 1080. The molecule has 6 nitrogen and oxygen atoms in total. The third-order valence-electron chi connectivity index (χ3n) is 8.65. The molecule has 214 valence electrons. The van der Waals surface area contributed by atoms with Crippen LogP contribution >= 0.6 is 11.3 Å². The molecule has 39 heavy (non-hydrogen) atoms. The Morgan fingerprint density at radius 1 is 1.00 bits per heavy atom. The number of quaternary nitrogens is 1. The first-order chi connectivity index (χ1) is 18.5. The number of ether oxygens (including phenoxy) is 1. The van der Waals surface area contributed by atoms with E-state index in [-0.39, 0.29) is 12.0 Å². The summed E-state index contributed by atoms with van der Waals surface area (Å²) in [6, 6.07) is 14.5. The molecule has 6 rings (SSSR count). The number of nitrogens with zero attached hydrogens (tertiary/aromatic N) is 1. The molecule has 3 saturated heterocycles. The number of esters is 1. The van der Waals surface area contributed by atoms with Crippen LogP contribution in [0.25, 0.3) is 0 Å². The van der Waals surface area contributed by atoms with E-state index in [4.69, 9.17) is 14.6 Å². The van der Waals surface area contributed by atoms with E-state index in [0.29, 0.717) is 5.92 Å². The Labute approximate surface area is 231 Å². The largest absolute Gasteiger partial charge is 0.542 e. The van der Waals surface area contributed by atoms with Crippen molar-refractivity contribution in [2.45, 2.75) is 69.2 Å². The van der Waals surface area contributed by atoms with Crippen molar-refractivity contribution >= 4 is 23.3 Å². The summed E-state index contributed by atoms with van der Waals surface area (Å²) in [6.45, 7) is 4.36. The van der Waals surface area contributed by atoms with Crippen molar-refractivity contribution in [2.24, 2.45) is 11.8 Å². The number of benzene rings is 1. The number of aliphatic carboxylic acids is 1. The van der Waals surface area contributed by atoms with Gasteiger partial charge in [-0.2, -0.15) is 13.2 Å². The molecule has 1 saturated carbocycles. The van der Waals surface area contributed by atoms with Crippen LogP contribution in [0.4, 0.5) is 13.2 Å². The standard InChI is InChI=1S/C27H36NO3S.C2HF3O2/c29-26(27(30,25-12-7-19-32-25)23-10-5-2-6-11-23)31-24-20-28(17-14-22(24)15-18-28)16-13-21-8-3-1-4-9-21;3-2(4,5)1(6)7/h1,3-4,7-9,12,19,22-24,30H,2,5-6,10-11,13-18,20H2;(H,6,7)/q+1;/p-1/t22?,24-,27+,28?;/m0./s1. The maximum atomic E-state index is 13.6. The van der Waals surface area contributed by atoms with Gasteiger partial charge in [-0.25, -0.2) is 4.79 Å². The van der Waals surface area contributed by atoms with Crippen LogP contribution in [-0.2, 0) is 26.3 Å². The topological polar surface area (TPSA) is 86.7 Å². The molecule has 0 amide bonds. The third-order valence-corrected chi connectivity index (χ3v) is 9.65. The number of piperidine rings is 3. The summed E-state index contributed by atoms with van der Waals surface area (Å²) in [7, 11) is 0. The molecule has 2 bridgehead atoms. The first-order valence-electron chi connectivity index (χ1n) is 13.7. The minimum absolute atomic E-state index is 0.0373. The molecule has 1 aromatic carbocycles. The van der Waals surface area contributed by atoms with Crippen molar-refractivity contribution in [2.75, 3.05) is 26.2 Å². The highest BCUT2D eigenvalue weighted by molar-refractivity contribution is 7.10. The molecule has 0 unspecified atom stereocenters. The summed E-state index contributed by atoms with van der Waals surface area (Å²) in [6.07, 6.45) is 3.18. The van der Waals surface area contributed by atoms with Gasteiger partial charge in [0, 0.05) is 36.0 Å². The van der Waals surface area contributed by atoms with E-state index in [2.05, 4.69) is 30.3 Å². The van der Waals surface area contributed by atoms with Gasteiger partial charge in [0.2, 0.25) is 0 Å². The van der Waals surface area contributed by atoms with E-state index < -0.39 is 23.7 Å².